The number of fused-ring (bicyclic) bond motifs is 1. The van der Waals surface area contributed by atoms with E-state index in [0.29, 0.717) is 52.1 Å². The van der Waals surface area contributed by atoms with Crippen molar-refractivity contribution in [2.24, 2.45) is 11.8 Å². The zero-order valence-electron chi connectivity index (χ0n) is 43.1. The van der Waals surface area contributed by atoms with E-state index in [9.17, 15) is 19.2 Å². The molecule has 1 aliphatic rings. The second-order valence-electron chi connectivity index (χ2n) is 21.2. The summed E-state index contributed by atoms with van der Waals surface area (Å²) in [5.41, 5.74) is -0.379. The number of amides is 4. The highest BCUT2D eigenvalue weighted by Gasteiger charge is 2.42. The van der Waals surface area contributed by atoms with E-state index in [2.05, 4.69) is 96.5 Å². The summed E-state index contributed by atoms with van der Waals surface area (Å²) in [4.78, 5) is 67.3. The number of likely N-dealkylation sites (N-methyl/N-ethyl adjacent to an activating group) is 2. The zero-order chi connectivity index (χ0) is 50.9. The number of halogens is 3. The molecule has 0 N–H and O–H groups in total. The molecule has 1 aliphatic heterocycles. The molecular weight excluding hydrogens is 1010 g/mol. The van der Waals surface area contributed by atoms with Gasteiger partial charge in [0.15, 0.2) is 8.32 Å². The Labute approximate surface area is 418 Å². The first-order valence-electron chi connectivity index (χ1n) is 22.9. The van der Waals surface area contributed by atoms with Crippen molar-refractivity contribution >= 4 is 75.8 Å². The summed E-state index contributed by atoms with van der Waals surface area (Å²) in [6.45, 7) is 36.0. The topological polar surface area (TPSA) is 144 Å². The minimum Gasteiger partial charge on any atom is -0.472 e. The molecule has 18 heteroatoms. The lowest BCUT2D eigenvalue weighted by atomic mass is 10.00. The van der Waals surface area contributed by atoms with E-state index < -0.39 is 31.7 Å². The smallest absolute Gasteiger partial charge is 0.410 e. The van der Waals surface area contributed by atoms with Crippen LogP contribution in [0.2, 0.25) is 23.3 Å². The molecule has 0 saturated carbocycles. The fraction of sp³-hybridized carbons (Fsp3) is 0.708. The number of ether oxygens (including phenoxy) is 3. The molecule has 0 fully saturated rings. The number of pyridine rings is 2. The first-order chi connectivity index (χ1) is 30.1. The first-order valence-corrected chi connectivity index (χ1v) is 27.8. The Morgan fingerprint density at radius 1 is 0.879 bits per heavy atom. The number of hydrogen-bond donors (Lipinski definition) is 0. The van der Waals surface area contributed by atoms with Gasteiger partial charge in [0.2, 0.25) is 5.88 Å². The molecule has 0 saturated heterocycles. The second-order valence-corrected chi connectivity index (χ2v) is 28.1. The molecular formula is C48H79Br2ClN6O8Si. The lowest BCUT2D eigenvalue weighted by molar-refractivity contribution is 0.0116. The van der Waals surface area contributed by atoms with E-state index in [1.807, 2.05) is 72.1 Å². The van der Waals surface area contributed by atoms with Crippen LogP contribution in [0.3, 0.4) is 0 Å². The molecule has 0 spiro atoms. The van der Waals surface area contributed by atoms with Crippen molar-refractivity contribution in [1.82, 2.24) is 29.6 Å². The normalized spacial score (nSPS) is 17.6. The third-order valence-electron chi connectivity index (χ3n) is 11.9. The highest BCUT2D eigenvalue weighted by Crippen LogP contribution is 2.39. The molecule has 3 heterocycles. The van der Waals surface area contributed by atoms with E-state index in [1.54, 1.807) is 43.5 Å². The van der Waals surface area contributed by atoms with Gasteiger partial charge in [-0.1, -0.05) is 60.1 Å². The van der Waals surface area contributed by atoms with Crippen molar-refractivity contribution in [2.75, 3.05) is 40.3 Å². The van der Waals surface area contributed by atoms with Crippen molar-refractivity contribution in [3.8, 4) is 5.88 Å². The van der Waals surface area contributed by atoms with Crippen molar-refractivity contribution in [3.63, 3.8) is 0 Å². The molecule has 0 aromatic carbocycles. The predicted molar refractivity (Wildman–Crippen MR) is 273 cm³/mol. The highest BCUT2D eigenvalue weighted by atomic mass is 79.9. The van der Waals surface area contributed by atoms with Crippen molar-refractivity contribution in [3.05, 3.63) is 49.8 Å². The van der Waals surface area contributed by atoms with Crippen LogP contribution in [0.25, 0.3) is 0 Å². The lowest BCUT2D eigenvalue weighted by Crippen LogP contribution is -2.52. The Bertz CT molecular complexity index is 1960. The number of carbonyl (C=O) groups is 4. The summed E-state index contributed by atoms with van der Waals surface area (Å²) in [5.74, 6) is -0.0477. The average Bonchev–Trinajstić information content (AvgIpc) is 3.19. The molecule has 2 aromatic rings. The van der Waals surface area contributed by atoms with Crippen LogP contribution in [-0.2, 0) is 13.9 Å². The van der Waals surface area contributed by atoms with Gasteiger partial charge in [-0.2, -0.15) is 0 Å². The minimum atomic E-state index is -2.19. The third-order valence-corrected chi connectivity index (χ3v) is 17.6. The summed E-state index contributed by atoms with van der Waals surface area (Å²) in [7, 11) is 1.23. The number of hydrogen-bond acceptors (Lipinski definition) is 10. The van der Waals surface area contributed by atoms with Crippen LogP contribution < -0.4 is 4.74 Å². The number of rotatable bonds is 14. The van der Waals surface area contributed by atoms with Crippen LogP contribution in [0.5, 0.6) is 5.88 Å². The van der Waals surface area contributed by atoms with Gasteiger partial charge in [0.25, 0.3) is 11.8 Å². The van der Waals surface area contributed by atoms with Crippen LogP contribution in [-0.4, -0.2) is 138 Å². The van der Waals surface area contributed by atoms with Gasteiger partial charge in [-0.05, 0) is 130 Å². The Hall–Kier alpha value is -2.99. The average molecular weight is 1090 g/mol. The molecule has 374 valence electrons. The molecule has 0 bridgehead atoms. The summed E-state index contributed by atoms with van der Waals surface area (Å²) in [6.07, 6.45) is 3.38. The quantitative estimate of drug-likeness (QED) is 0.132. The highest BCUT2D eigenvalue weighted by molar-refractivity contribution is 9.10. The summed E-state index contributed by atoms with van der Waals surface area (Å²) >= 11 is 13.1. The van der Waals surface area contributed by atoms with Crippen molar-refractivity contribution in [1.29, 1.82) is 0 Å². The summed E-state index contributed by atoms with van der Waals surface area (Å²) in [6, 6.07) is 3.50. The fourth-order valence-electron chi connectivity index (χ4n) is 6.51. The standard InChI is InChI=1S/C27H47BrClN3O4Si.C21H32BrN3O4/c1-13-19(3)32(24(33)21-14-20(28)15-30-23(21)29)16-18(2)22(36-37(11,12)27(7,8)9)17-31(10)25(34)35-26(4,5)6;1-8-14(3)25-11-13(2)17(12-24(7)20(27)29-21(4,5)6)28-18-16(19(25)26)9-15(22)10-23-18/h14-15,18-19,22H,13,16-17H2,1-12H3;9-10,13-14,17H,8,11-12H2,1-7H3. The van der Waals surface area contributed by atoms with Gasteiger partial charge in [0.1, 0.15) is 28.0 Å². The zero-order valence-corrected chi connectivity index (χ0v) is 48.0. The Kier molecular flexibility index (Phi) is 22.0. The molecule has 14 nitrogen and oxygen atoms in total. The minimum absolute atomic E-state index is 0.00330. The Morgan fingerprint density at radius 3 is 1.92 bits per heavy atom. The van der Waals surface area contributed by atoms with Crippen LogP contribution >= 0.6 is 43.5 Å². The van der Waals surface area contributed by atoms with Gasteiger partial charge in [-0.15, -0.1) is 0 Å². The van der Waals surface area contributed by atoms with Gasteiger partial charge in [0.05, 0.1) is 18.2 Å². The summed E-state index contributed by atoms with van der Waals surface area (Å²) < 4.78 is 25.5. The molecule has 2 aromatic heterocycles. The maximum absolute atomic E-state index is 13.7. The van der Waals surface area contributed by atoms with Crippen molar-refractivity contribution < 1.29 is 37.8 Å². The lowest BCUT2D eigenvalue weighted by Gasteiger charge is -2.43. The molecule has 3 rings (SSSR count). The molecule has 0 radical (unpaired) electrons. The number of aromatic nitrogens is 2. The van der Waals surface area contributed by atoms with E-state index >= 15 is 0 Å². The van der Waals surface area contributed by atoms with E-state index in [4.69, 9.17) is 30.2 Å². The SMILES string of the molecule is CCC(C)N(CC(C)C(CN(C)C(=O)OC(C)(C)C)O[Si](C)(C)C(C)(C)C)C(=O)c1cc(Br)cnc1Cl.CCC(C)N1CC(C)C(CN(C)C(=O)OC(C)(C)C)Oc2ncc(Br)cc2C1=O. The predicted octanol–water partition coefficient (Wildman–Crippen LogP) is 12.0. The van der Waals surface area contributed by atoms with Crippen LogP contribution in [0.15, 0.2) is 33.5 Å². The van der Waals surface area contributed by atoms with Crippen molar-refractivity contribution in [2.45, 2.75) is 170 Å². The first kappa shape index (κ1) is 59.1. The summed E-state index contributed by atoms with van der Waals surface area (Å²) in [5, 5.41) is 0.157. The van der Waals surface area contributed by atoms with Gasteiger partial charge >= 0.3 is 12.2 Å². The number of nitrogens with zero attached hydrogens (tertiary/aromatic N) is 6. The Balaban J connectivity index is 0.000000466. The van der Waals surface area contributed by atoms with E-state index in [0.717, 1.165) is 12.8 Å². The molecule has 6 unspecified atom stereocenters. The maximum Gasteiger partial charge on any atom is 0.410 e. The van der Waals surface area contributed by atoms with Crippen LogP contribution in [0.1, 0.15) is 137 Å². The molecule has 4 amide bonds. The van der Waals surface area contributed by atoms with Crippen LogP contribution in [0, 0.1) is 11.8 Å². The van der Waals surface area contributed by atoms with E-state index in [-0.39, 0.29) is 58.1 Å². The van der Waals surface area contributed by atoms with Gasteiger partial charge < -0.3 is 38.2 Å². The molecule has 66 heavy (non-hydrogen) atoms. The second kappa shape index (κ2) is 24.5. The largest absolute Gasteiger partial charge is 0.472 e. The van der Waals surface area contributed by atoms with E-state index in [1.165, 1.54) is 4.90 Å². The van der Waals surface area contributed by atoms with Gasteiger partial charge in [0, 0.05) is 79.0 Å². The van der Waals surface area contributed by atoms with Gasteiger partial charge in [-0.3, -0.25) is 9.59 Å². The molecule has 0 aliphatic carbocycles. The third kappa shape index (κ3) is 17.8. The number of carbonyl (C=O) groups excluding carboxylic acids is 4. The maximum atomic E-state index is 13.7. The fourth-order valence-corrected chi connectivity index (χ4v) is 8.78. The monoisotopic (exact) mass is 1090 g/mol. The Morgan fingerprint density at radius 2 is 1.41 bits per heavy atom. The molecule has 6 atom stereocenters. The van der Waals surface area contributed by atoms with Gasteiger partial charge in [-0.25, -0.2) is 19.6 Å². The van der Waals surface area contributed by atoms with Crippen LogP contribution in [0.4, 0.5) is 9.59 Å².